The molecule has 84 valence electrons. The fraction of sp³-hybridized carbons (Fsp3) is 0.800. The maximum Gasteiger partial charge on any atom is 0.226 e. The van der Waals surface area contributed by atoms with Gasteiger partial charge in [0, 0.05) is 19.0 Å². The monoisotopic (exact) mass is 210 g/mol. The second kappa shape index (κ2) is 4.72. The highest BCUT2D eigenvalue weighted by atomic mass is 16.5. The highest BCUT2D eigenvalue weighted by Gasteiger charge is 2.20. The van der Waals surface area contributed by atoms with Crippen LogP contribution >= 0.6 is 0 Å². The summed E-state index contributed by atoms with van der Waals surface area (Å²) in [6, 6.07) is 0.605. The summed E-state index contributed by atoms with van der Waals surface area (Å²) < 4.78 is 5.07. The van der Waals surface area contributed by atoms with Crippen LogP contribution in [-0.4, -0.2) is 41.2 Å². The number of rotatable bonds is 4. The zero-order valence-corrected chi connectivity index (χ0v) is 9.36. The van der Waals surface area contributed by atoms with E-state index in [0.29, 0.717) is 6.04 Å². The van der Waals surface area contributed by atoms with E-state index >= 15 is 0 Å². The van der Waals surface area contributed by atoms with Crippen LogP contribution < -0.4 is 5.32 Å². The largest absolute Gasteiger partial charge is 0.339 e. The Morgan fingerprint density at radius 1 is 1.60 bits per heavy atom. The Kier molecular flexibility index (Phi) is 3.33. The van der Waals surface area contributed by atoms with E-state index in [9.17, 15) is 0 Å². The molecule has 0 saturated carbocycles. The van der Waals surface area contributed by atoms with Crippen molar-refractivity contribution >= 4 is 0 Å². The summed E-state index contributed by atoms with van der Waals surface area (Å²) in [6.45, 7) is 4.97. The number of hydrogen-bond acceptors (Lipinski definition) is 5. The summed E-state index contributed by atoms with van der Waals surface area (Å²) in [4.78, 5) is 6.58. The lowest BCUT2D eigenvalue weighted by Gasteiger charge is -2.21. The molecule has 2 heterocycles. The summed E-state index contributed by atoms with van der Waals surface area (Å²) >= 11 is 0. The summed E-state index contributed by atoms with van der Waals surface area (Å²) in [7, 11) is 2.11. The Bertz CT molecular complexity index is 306. The Morgan fingerprint density at radius 2 is 2.47 bits per heavy atom. The Labute approximate surface area is 89.8 Å². The van der Waals surface area contributed by atoms with Crippen LogP contribution in [0.1, 0.15) is 25.1 Å². The third kappa shape index (κ3) is 2.54. The number of aromatic nitrogens is 2. The van der Waals surface area contributed by atoms with E-state index in [1.54, 1.807) is 0 Å². The van der Waals surface area contributed by atoms with Crippen LogP contribution in [-0.2, 0) is 13.0 Å². The van der Waals surface area contributed by atoms with Gasteiger partial charge in [0.2, 0.25) is 5.89 Å². The van der Waals surface area contributed by atoms with Crippen LogP contribution in [0.2, 0.25) is 0 Å². The summed E-state index contributed by atoms with van der Waals surface area (Å²) in [6.07, 6.45) is 2.01. The van der Waals surface area contributed by atoms with Crippen LogP contribution in [0.5, 0.6) is 0 Å². The Balaban J connectivity index is 1.89. The van der Waals surface area contributed by atoms with Gasteiger partial charge in [0.15, 0.2) is 5.82 Å². The van der Waals surface area contributed by atoms with Crippen molar-refractivity contribution in [2.75, 3.05) is 20.1 Å². The lowest BCUT2D eigenvalue weighted by atomic mass is 10.2. The minimum Gasteiger partial charge on any atom is -0.339 e. The highest BCUT2D eigenvalue weighted by Crippen LogP contribution is 2.09. The molecule has 15 heavy (non-hydrogen) atoms. The molecule has 0 aromatic carbocycles. The van der Waals surface area contributed by atoms with Crippen LogP contribution in [0.25, 0.3) is 0 Å². The van der Waals surface area contributed by atoms with Gasteiger partial charge in [-0.25, -0.2) is 0 Å². The van der Waals surface area contributed by atoms with Crippen molar-refractivity contribution in [3.8, 4) is 0 Å². The van der Waals surface area contributed by atoms with Gasteiger partial charge in [-0.2, -0.15) is 4.98 Å². The topological polar surface area (TPSA) is 54.2 Å². The van der Waals surface area contributed by atoms with Crippen molar-refractivity contribution in [1.29, 1.82) is 0 Å². The van der Waals surface area contributed by atoms with Crippen LogP contribution in [0.3, 0.4) is 0 Å². The van der Waals surface area contributed by atoms with E-state index < -0.39 is 0 Å². The number of nitrogens with one attached hydrogen (secondary N) is 1. The number of hydrogen-bond donors (Lipinski definition) is 1. The van der Waals surface area contributed by atoms with Crippen molar-refractivity contribution in [1.82, 2.24) is 20.4 Å². The first-order valence-electron chi connectivity index (χ1n) is 5.52. The van der Waals surface area contributed by atoms with E-state index in [2.05, 4.69) is 27.4 Å². The van der Waals surface area contributed by atoms with Crippen molar-refractivity contribution in [3.05, 3.63) is 11.7 Å². The van der Waals surface area contributed by atoms with E-state index in [-0.39, 0.29) is 0 Å². The molecule has 1 fully saturated rings. The molecule has 0 aliphatic carbocycles. The molecule has 0 bridgehead atoms. The maximum atomic E-state index is 5.07. The SMILES string of the molecule is CCc1nc(CN(C)[C@H]2CCNC2)no1. The van der Waals surface area contributed by atoms with Gasteiger partial charge in [0.05, 0.1) is 6.54 Å². The van der Waals surface area contributed by atoms with Crippen molar-refractivity contribution in [2.45, 2.75) is 32.4 Å². The fourth-order valence-electron chi connectivity index (χ4n) is 1.87. The minimum atomic E-state index is 0.605. The average Bonchev–Trinajstić information content (AvgIpc) is 2.87. The average molecular weight is 210 g/mol. The molecule has 1 atom stereocenters. The van der Waals surface area contributed by atoms with E-state index in [1.165, 1.54) is 6.42 Å². The third-order valence-corrected chi connectivity index (χ3v) is 2.86. The van der Waals surface area contributed by atoms with E-state index in [1.807, 2.05) is 6.92 Å². The third-order valence-electron chi connectivity index (χ3n) is 2.86. The van der Waals surface area contributed by atoms with Gasteiger partial charge in [-0.3, -0.25) is 4.90 Å². The first kappa shape index (κ1) is 10.6. The lowest BCUT2D eigenvalue weighted by molar-refractivity contribution is 0.239. The van der Waals surface area contributed by atoms with Crippen molar-refractivity contribution < 1.29 is 4.52 Å². The summed E-state index contributed by atoms with van der Waals surface area (Å²) in [5.74, 6) is 1.52. The van der Waals surface area contributed by atoms with Crippen molar-refractivity contribution in [3.63, 3.8) is 0 Å². The smallest absolute Gasteiger partial charge is 0.226 e. The number of nitrogens with zero attached hydrogens (tertiary/aromatic N) is 3. The van der Waals surface area contributed by atoms with Gasteiger partial charge in [0.25, 0.3) is 0 Å². The first-order valence-corrected chi connectivity index (χ1v) is 5.52. The molecular weight excluding hydrogens is 192 g/mol. The standard InChI is InChI=1S/C10H18N4O/c1-3-10-12-9(13-15-10)7-14(2)8-4-5-11-6-8/h8,11H,3-7H2,1-2H3/t8-/m0/s1. The maximum absolute atomic E-state index is 5.07. The molecule has 1 saturated heterocycles. The van der Waals surface area contributed by atoms with Crippen LogP contribution in [0.4, 0.5) is 0 Å². The Morgan fingerprint density at radius 3 is 3.07 bits per heavy atom. The molecular formula is C10H18N4O. The molecule has 5 nitrogen and oxygen atoms in total. The zero-order valence-electron chi connectivity index (χ0n) is 9.36. The molecule has 0 radical (unpaired) electrons. The summed E-state index contributed by atoms with van der Waals surface area (Å²) in [5, 5.41) is 7.30. The van der Waals surface area contributed by atoms with Gasteiger partial charge in [-0.15, -0.1) is 0 Å². The van der Waals surface area contributed by atoms with Gasteiger partial charge < -0.3 is 9.84 Å². The van der Waals surface area contributed by atoms with Gasteiger partial charge in [-0.1, -0.05) is 12.1 Å². The fourth-order valence-corrected chi connectivity index (χ4v) is 1.87. The molecule has 1 aromatic heterocycles. The van der Waals surface area contributed by atoms with E-state index in [4.69, 9.17) is 4.52 Å². The lowest BCUT2D eigenvalue weighted by Crippen LogP contribution is -2.33. The first-order chi connectivity index (χ1) is 7.29. The number of aryl methyl sites for hydroxylation is 1. The molecule has 0 spiro atoms. The van der Waals surface area contributed by atoms with Gasteiger partial charge in [-0.05, 0) is 20.0 Å². The minimum absolute atomic E-state index is 0.605. The molecule has 0 unspecified atom stereocenters. The van der Waals surface area contributed by atoms with Gasteiger partial charge >= 0.3 is 0 Å². The molecule has 1 aromatic rings. The second-order valence-corrected chi connectivity index (χ2v) is 4.02. The van der Waals surface area contributed by atoms with E-state index in [0.717, 1.165) is 37.8 Å². The summed E-state index contributed by atoms with van der Waals surface area (Å²) in [5.41, 5.74) is 0. The molecule has 1 aliphatic rings. The molecule has 2 rings (SSSR count). The molecule has 1 N–H and O–H groups in total. The van der Waals surface area contributed by atoms with Crippen LogP contribution in [0.15, 0.2) is 4.52 Å². The predicted molar refractivity (Wildman–Crippen MR) is 56.4 cm³/mol. The second-order valence-electron chi connectivity index (χ2n) is 4.02. The Hall–Kier alpha value is -0.940. The van der Waals surface area contributed by atoms with Crippen molar-refractivity contribution in [2.24, 2.45) is 0 Å². The molecule has 0 amide bonds. The molecule has 1 aliphatic heterocycles. The number of likely N-dealkylation sites (N-methyl/N-ethyl adjacent to an activating group) is 1. The molecule has 5 heteroatoms. The zero-order chi connectivity index (χ0) is 10.7. The normalized spacial score (nSPS) is 21.4. The predicted octanol–water partition coefficient (Wildman–Crippen LogP) is 0.426. The quantitative estimate of drug-likeness (QED) is 0.781. The van der Waals surface area contributed by atoms with Gasteiger partial charge in [0.1, 0.15) is 0 Å². The highest BCUT2D eigenvalue weighted by molar-refractivity contribution is 4.88. The van der Waals surface area contributed by atoms with Crippen LogP contribution in [0, 0.1) is 0 Å².